The van der Waals surface area contributed by atoms with E-state index in [2.05, 4.69) is 157 Å². The van der Waals surface area contributed by atoms with Crippen LogP contribution in [0.2, 0.25) is 0 Å². The summed E-state index contributed by atoms with van der Waals surface area (Å²) in [5.74, 6) is -0.184. The number of anilines is 2. The Morgan fingerprint density at radius 3 is 1.24 bits per heavy atom. The molecule has 0 spiro atoms. The number of hydrogen-bond acceptors (Lipinski definition) is 6. The quantitative estimate of drug-likeness (QED) is 0.101. The molecule has 59 heavy (non-hydrogen) atoms. The van der Waals surface area contributed by atoms with Crippen molar-refractivity contribution in [1.82, 2.24) is 9.97 Å². The Kier molecular flexibility index (Phi) is 13.5. The fourth-order valence-corrected chi connectivity index (χ4v) is 8.35. The third-order valence-corrected chi connectivity index (χ3v) is 11.2. The van der Waals surface area contributed by atoms with E-state index < -0.39 is 0 Å². The topological polar surface area (TPSA) is 66.4 Å². The fourth-order valence-electron chi connectivity index (χ4n) is 8.35. The number of allylic oxidation sites excluding steroid dienone is 8. The number of aromatic nitrogens is 2. The van der Waals surface area contributed by atoms with Crippen LogP contribution in [0.1, 0.15) is 57.1 Å². The normalized spacial score (nSPS) is 19.3. The molecule has 2 atom stereocenters. The van der Waals surface area contributed by atoms with Crippen molar-refractivity contribution in [3.8, 4) is 0 Å². The molecule has 0 amide bonds. The predicted molar refractivity (Wildman–Crippen MR) is 236 cm³/mol. The summed E-state index contributed by atoms with van der Waals surface area (Å²) in [6, 6.07) is 48.9. The Labute approximate surface area is 358 Å². The zero-order valence-electron chi connectivity index (χ0n) is 33.8. The molecule has 0 bridgehead atoms. The smallest absolute Gasteiger partial charge is 0.347 e. The maximum absolute atomic E-state index is 12.4. The van der Waals surface area contributed by atoms with E-state index in [0.29, 0.717) is 11.4 Å². The summed E-state index contributed by atoms with van der Waals surface area (Å²) in [5, 5.41) is 0. The van der Waals surface area contributed by atoms with Crippen LogP contribution >= 0.6 is 0 Å². The van der Waals surface area contributed by atoms with Gasteiger partial charge < -0.3 is 9.80 Å². The van der Waals surface area contributed by atoms with Crippen molar-refractivity contribution < 1.29 is 26.4 Å². The molecule has 2 unspecified atom stereocenters. The standard InChI is InChI=1S/2C26H24N2O.Co/c2*1-26(19-20-11-4-3-5-12-20)21-13-6-7-15-23(21)28(2)25(26)17-10-16-24(29)22-14-8-9-18-27-22;/h2*3-18H,19H2,1-2H3;/q;;+2/b2*16-10+,25-17-;. The van der Waals surface area contributed by atoms with E-state index in [4.69, 9.17) is 0 Å². The summed E-state index contributed by atoms with van der Waals surface area (Å²) in [7, 11) is 4.19. The minimum Gasteiger partial charge on any atom is -0.347 e. The molecule has 4 heterocycles. The molecular weight excluding hydrogens is 772 g/mol. The molecule has 0 fully saturated rings. The zero-order chi connectivity index (χ0) is 40.5. The number of nitrogens with zero attached hydrogens (tertiary/aromatic N) is 4. The third kappa shape index (κ3) is 9.17. The molecule has 8 rings (SSSR count). The minimum atomic E-state index is -0.176. The van der Waals surface area contributed by atoms with Crippen molar-refractivity contribution in [3.05, 3.63) is 239 Å². The molecule has 2 aromatic heterocycles. The number of para-hydroxylation sites is 2. The average Bonchev–Trinajstić information content (AvgIpc) is 3.60. The van der Waals surface area contributed by atoms with Crippen molar-refractivity contribution in [3.63, 3.8) is 0 Å². The van der Waals surface area contributed by atoms with Crippen LogP contribution in [0.5, 0.6) is 0 Å². The average molecular weight is 820 g/mol. The largest absolute Gasteiger partial charge is 2.00 e. The summed E-state index contributed by atoms with van der Waals surface area (Å²) in [4.78, 5) is 37.5. The van der Waals surface area contributed by atoms with Gasteiger partial charge in [0, 0.05) is 60.1 Å². The van der Waals surface area contributed by atoms with Crippen molar-refractivity contribution in [1.29, 1.82) is 0 Å². The maximum atomic E-state index is 12.4. The Bertz CT molecular complexity index is 2320. The van der Waals surface area contributed by atoms with E-state index in [9.17, 15) is 9.59 Å². The number of hydrogen-bond donors (Lipinski definition) is 0. The Hall–Kier alpha value is -6.41. The van der Waals surface area contributed by atoms with Crippen LogP contribution < -0.4 is 9.80 Å². The van der Waals surface area contributed by atoms with Gasteiger partial charge in [0.1, 0.15) is 11.4 Å². The predicted octanol–water partition coefficient (Wildman–Crippen LogP) is 10.7. The summed E-state index contributed by atoms with van der Waals surface area (Å²) in [6.07, 6.45) is 16.1. The van der Waals surface area contributed by atoms with E-state index >= 15 is 0 Å². The first kappa shape index (κ1) is 42.2. The van der Waals surface area contributed by atoms with Crippen LogP contribution in [0.25, 0.3) is 0 Å². The van der Waals surface area contributed by atoms with Gasteiger partial charge in [0.2, 0.25) is 11.6 Å². The van der Waals surface area contributed by atoms with Crippen molar-refractivity contribution in [2.45, 2.75) is 37.5 Å². The molecule has 6 aromatic rings. The van der Waals surface area contributed by atoms with Gasteiger partial charge in [-0.3, -0.25) is 19.6 Å². The summed E-state index contributed by atoms with van der Waals surface area (Å²) < 4.78 is 0. The summed E-state index contributed by atoms with van der Waals surface area (Å²) >= 11 is 0. The van der Waals surface area contributed by atoms with E-state index in [1.54, 1.807) is 36.7 Å². The van der Waals surface area contributed by atoms with Gasteiger partial charge in [-0.05, 0) is 110 Å². The zero-order valence-corrected chi connectivity index (χ0v) is 34.9. The molecule has 0 saturated carbocycles. The van der Waals surface area contributed by atoms with Gasteiger partial charge in [0.05, 0.1) is 0 Å². The number of ketones is 2. The van der Waals surface area contributed by atoms with Gasteiger partial charge in [-0.25, -0.2) is 0 Å². The summed E-state index contributed by atoms with van der Waals surface area (Å²) in [6.45, 7) is 4.56. The summed E-state index contributed by atoms with van der Waals surface area (Å²) in [5.41, 5.74) is 10.5. The molecule has 0 N–H and O–H groups in total. The third-order valence-electron chi connectivity index (χ3n) is 11.2. The number of benzene rings is 4. The van der Waals surface area contributed by atoms with Gasteiger partial charge in [0.15, 0.2) is 0 Å². The second kappa shape index (κ2) is 18.9. The maximum Gasteiger partial charge on any atom is 2.00 e. The molecule has 2 aliphatic rings. The number of pyridine rings is 2. The molecule has 2 aliphatic heterocycles. The van der Waals surface area contributed by atoms with E-state index in [0.717, 1.165) is 12.8 Å². The van der Waals surface area contributed by atoms with Gasteiger partial charge >= 0.3 is 16.8 Å². The van der Waals surface area contributed by atoms with Crippen LogP contribution in [0.3, 0.4) is 0 Å². The van der Waals surface area contributed by atoms with Gasteiger partial charge in [-0.15, -0.1) is 0 Å². The molecule has 0 aliphatic carbocycles. The Morgan fingerprint density at radius 1 is 0.508 bits per heavy atom. The first-order valence-electron chi connectivity index (χ1n) is 19.6. The van der Waals surface area contributed by atoms with Crippen molar-refractivity contribution >= 4 is 22.9 Å². The monoisotopic (exact) mass is 819 g/mol. The van der Waals surface area contributed by atoms with Crippen molar-refractivity contribution in [2.24, 2.45) is 0 Å². The van der Waals surface area contributed by atoms with Gasteiger partial charge in [-0.2, -0.15) is 0 Å². The van der Waals surface area contributed by atoms with Gasteiger partial charge in [-0.1, -0.05) is 121 Å². The minimum absolute atomic E-state index is 0. The van der Waals surface area contributed by atoms with Crippen LogP contribution in [0.15, 0.2) is 206 Å². The molecule has 4 aromatic carbocycles. The number of carbonyl (C=O) groups is 2. The SMILES string of the molecule is CN1/C(=C\C=C\C(=O)c2ccccn2)C(C)(Cc2ccccc2)c2ccccc21.CN1/C(=C\C=C\C(=O)c2ccccn2)C(C)(Cc2ccccc2)c2ccccc21.[Co+2]. The van der Waals surface area contributed by atoms with Crippen molar-refractivity contribution in [2.75, 3.05) is 23.9 Å². The fraction of sp³-hybridized carbons (Fsp3) is 0.154. The molecule has 1 radical (unpaired) electrons. The second-order valence-corrected chi connectivity index (χ2v) is 15.1. The first-order valence-corrected chi connectivity index (χ1v) is 19.6. The molecule has 6 nitrogen and oxygen atoms in total. The first-order chi connectivity index (χ1) is 28.2. The number of rotatable bonds is 10. The van der Waals surface area contributed by atoms with E-state index in [1.807, 2.05) is 48.6 Å². The van der Waals surface area contributed by atoms with E-state index in [-0.39, 0.29) is 39.2 Å². The molecule has 295 valence electrons. The Balaban J connectivity index is 0.000000195. The van der Waals surface area contributed by atoms with Crippen LogP contribution in [-0.2, 0) is 40.5 Å². The van der Waals surface area contributed by atoms with Crippen LogP contribution in [0, 0.1) is 0 Å². The number of fused-ring (bicyclic) bond motifs is 2. The molecular formula is C52H48CoN4O2+2. The van der Waals surface area contributed by atoms with Crippen LogP contribution in [-0.4, -0.2) is 35.6 Å². The van der Waals surface area contributed by atoms with Crippen LogP contribution in [0.4, 0.5) is 11.4 Å². The molecule has 7 heteroatoms. The Morgan fingerprint density at radius 2 is 0.864 bits per heavy atom. The second-order valence-electron chi connectivity index (χ2n) is 15.1. The van der Waals surface area contributed by atoms with Gasteiger partial charge in [0.25, 0.3) is 0 Å². The molecule has 0 saturated heterocycles. The number of carbonyl (C=O) groups excluding carboxylic acids is 2. The number of likely N-dealkylation sites (N-methyl/N-ethyl adjacent to an activating group) is 2. The van der Waals surface area contributed by atoms with E-state index in [1.165, 1.54) is 45.0 Å².